The smallest absolute Gasteiger partial charge is 0.282 e. The van der Waals surface area contributed by atoms with Crippen LogP contribution in [0.25, 0.3) is 0 Å². The fraction of sp³-hybridized carbons (Fsp3) is 0.263. The molecule has 9 heteroatoms. The standard InChI is InChI=1S/C19H19ClN4O4/c1-13(25)22-8-10-23(11-9-22)18-7-6-14(12-16(18)20)21-19(26)15-4-2-3-5-17(15)24(27)28/h2-7,12H,8-11H2,1H3,(H,21,26). The van der Waals surface area contributed by atoms with E-state index in [2.05, 4.69) is 10.2 Å². The molecule has 146 valence electrons. The summed E-state index contributed by atoms with van der Waals surface area (Å²) in [7, 11) is 0. The van der Waals surface area contributed by atoms with E-state index in [0.717, 1.165) is 5.69 Å². The van der Waals surface area contributed by atoms with Gasteiger partial charge in [0.05, 0.1) is 15.6 Å². The Balaban J connectivity index is 1.72. The van der Waals surface area contributed by atoms with Gasteiger partial charge in [-0.15, -0.1) is 0 Å². The number of nitro benzene ring substituents is 1. The molecular weight excluding hydrogens is 384 g/mol. The summed E-state index contributed by atoms with van der Waals surface area (Å²) in [6.07, 6.45) is 0. The van der Waals surface area contributed by atoms with Crippen LogP contribution in [0.3, 0.4) is 0 Å². The van der Waals surface area contributed by atoms with Gasteiger partial charge in [0.15, 0.2) is 0 Å². The van der Waals surface area contributed by atoms with Gasteiger partial charge in [0.1, 0.15) is 5.56 Å². The molecule has 0 radical (unpaired) electrons. The molecule has 2 aromatic rings. The van der Waals surface area contributed by atoms with Crippen molar-refractivity contribution in [1.82, 2.24) is 4.90 Å². The van der Waals surface area contributed by atoms with Crippen molar-refractivity contribution >= 4 is 40.5 Å². The van der Waals surface area contributed by atoms with Crippen molar-refractivity contribution in [2.24, 2.45) is 0 Å². The minimum Gasteiger partial charge on any atom is -0.367 e. The van der Waals surface area contributed by atoms with E-state index < -0.39 is 10.8 Å². The van der Waals surface area contributed by atoms with Gasteiger partial charge in [0, 0.05) is 44.9 Å². The molecule has 0 unspecified atom stereocenters. The summed E-state index contributed by atoms with van der Waals surface area (Å²) in [6.45, 7) is 4.14. The molecule has 8 nitrogen and oxygen atoms in total. The summed E-state index contributed by atoms with van der Waals surface area (Å²) < 4.78 is 0. The van der Waals surface area contributed by atoms with Gasteiger partial charge in [-0.2, -0.15) is 0 Å². The maximum absolute atomic E-state index is 12.4. The van der Waals surface area contributed by atoms with Crippen LogP contribution in [0.4, 0.5) is 17.1 Å². The number of carbonyl (C=O) groups excluding carboxylic acids is 2. The molecule has 1 aliphatic heterocycles. The Morgan fingerprint density at radius 3 is 2.39 bits per heavy atom. The van der Waals surface area contributed by atoms with Crippen molar-refractivity contribution in [2.75, 3.05) is 36.4 Å². The van der Waals surface area contributed by atoms with Gasteiger partial charge >= 0.3 is 0 Å². The van der Waals surface area contributed by atoms with E-state index in [0.29, 0.717) is 36.9 Å². The number of piperazine rings is 1. The van der Waals surface area contributed by atoms with E-state index >= 15 is 0 Å². The number of nitrogens with zero attached hydrogens (tertiary/aromatic N) is 3. The first-order valence-corrected chi connectivity index (χ1v) is 9.09. The van der Waals surface area contributed by atoms with Crippen molar-refractivity contribution in [1.29, 1.82) is 0 Å². The molecule has 0 bridgehead atoms. The maximum Gasteiger partial charge on any atom is 0.282 e. The van der Waals surface area contributed by atoms with Gasteiger partial charge in [-0.3, -0.25) is 19.7 Å². The van der Waals surface area contributed by atoms with Crippen molar-refractivity contribution in [3.05, 3.63) is 63.2 Å². The zero-order valence-corrected chi connectivity index (χ0v) is 16.0. The third-order valence-corrected chi connectivity index (χ3v) is 4.92. The summed E-state index contributed by atoms with van der Waals surface area (Å²) >= 11 is 6.39. The summed E-state index contributed by atoms with van der Waals surface area (Å²) in [5.74, 6) is -0.523. The molecule has 0 aliphatic carbocycles. The second-order valence-corrected chi connectivity index (χ2v) is 6.79. The summed E-state index contributed by atoms with van der Waals surface area (Å²) in [6, 6.07) is 10.9. The lowest BCUT2D eigenvalue weighted by molar-refractivity contribution is -0.385. The molecule has 1 N–H and O–H groups in total. The average Bonchev–Trinajstić information content (AvgIpc) is 2.68. The van der Waals surface area contributed by atoms with Crippen LogP contribution in [-0.4, -0.2) is 47.8 Å². The predicted octanol–water partition coefficient (Wildman–Crippen LogP) is 3.17. The highest BCUT2D eigenvalue weighted by Gasteiger charge is 2.22. The Morgan fingerprint density at radius 1 is 1.11 bits per heavy atom. The topological polar surface area (TPSA) is 95.8 Å². The number of amides is 2. The molecule has 0 atom stereocenters. The lowest BCUT2D eigenvalue weighted by atomic mass is 10.1. The summed E-state index contributed by atoms with van der Waals surface area (Å²) in [5.41, 5.74) is 0.979. The molecule has 0 spiro atoms. The molecule has 1 heterocycles. The number of hydrogen-bond donors (Lipinski definition) is 1. The Morgan fingerprint density at radius 2 is 1.79 bits per heavy atom. The third kappa shape index (κ3) is 4.23. The Bertz CT molecular complexity index is 926. The van der Waals surface area contributed by atoms with Crippen LogP contribution in [0.2, 0.25) is 5.02 Å². The van der Waals surface area contributed by atoms with Crippen molar-refractivity contribution in [2.45, 2.75) is 6.92 Å². The molecule has 2 aromatic carbocycles. The first-order valence-electron chi connectivity index (χ1n) is 8.71. The first-order chi connectivity index (χ1) is 13.4. The minimum atomic E-state index is -0.592. The Labute approximate surface area is 166 Å². The summed E-state index contributed by atoms with van der Waals surface area (Å²) in [5, 5.41) is 14.2. The third-order valence-electron chi connectivity index (χ3n) is 4.62. The van der Waals surface area contributed by atoms with Gasteiger partial charge in [0.2, 0.25) is 5.91 Å². The number of halogens is 1. The van der Waals surface area contributed by atoms with Crippen LogP contribution < -0.4 is 10.2 Å². The Hall–Kier alpha value is -3.13. The fourth-order valence-corrected chi connectivity index (χ4v) is 3.43. The molecule has 1 saturated heterocycles. The van der Waals surface area contributed by atoms with E-state index in [9.17, 15) is 19.7 Å². The molecule has 1 fully saturated rings. The number of hydrogen-bond acceptors (Lipinski definition) is 5. The Kier molecular flexibility index (Phi) is 5.79. The number of anilines is 2. The van der Waals surface area contributed by atoms with Crippen molar-refractivity contribution in [3.8, 4) is 0 Å². The van der Waals surface area contributed by atoms with Gasteiger partial charge in [-0.25, -0.2) is 0 Å². The van der Waals surface area contributed by atoms with Crippen LogP contribution in [0.5, 0.6) is 0 Å². The zero-order chi connectivity index (χ0) is 20.3. The molecule has 0 saturated carbocycles. The summed E-state index contributed by atoms with van der Waals surface area (Å²) in [4.78, 5) is 38.2. The van der Waals surface area contributed by atoms with Gasteiger partial charge in [0.25, 0.3) is 11.6 Å². The largest absolute Gasteiger partial charge is 0.367 e. The van der Waals surface area contributed by atoms with E-state index in [1.165, 1.54) is 18.2 Å². The molecule has 1 aliphatic rings. The first kappa shape index (κ1) is 19.6. The highest BCUT2D eigenvalue weighted by atomic mass is 35.5. The average molecular weight is 403 g/mol. The van der Waals surface area contributed by atoms with Gasteiger partial charge in [-0.1, -0.05) is 23.7 Å². The number of para-hydroxylation sites is 1. The monoisotopic (exact) mass is 402 g/mol. The van der Waals surface area contributed by atoms with Crippen molar-refractivity contribution in [3.63, 3.8) is 0 Å². The van der Waals surface area contributed by atoms with E-state index in [-0.39, 0.29) is 17.2 Å². The number of nitrogens with one attached hydrogen (secondary N) is 1. The maximum atomic E-state index is 12.4. The van der Waals surface area contributed by atoms with E-state index in [1.54, 1.807) is 36.1 Å². The van der Waals surface area contributed by atoms with Crippen LogP contribution in [0.1, 0.15) is 17.3 Å². The van der Waals surface area contributed by atoms with E-state index in [4.69, 9.17) is 11.6 Å². The second kappa shape index (κ2) is 8.26. The van der Waals surface area contributed by atoms with Gasteiger partial charge < -0.3 is 15.1 Å². The predicted molar refractivity (Wildman–Crippen MR) is 107 cm³/mol. The highest BCUT2D eigenvalue weighted by Crippen LogP contribution is 2.30. The lowest BCUT2D eigenvalue weighted by Gasteiger charge is -2.36. The molecular formula is C19H19ClN4O4. The van der Waals surface area contributed by atoms with Crippen molar-refractivity contribution < 1.29 is 14.5 Å². The number of nitro groups is 1. The normalized spacial score (nSPS) is 13.9. The van der Waals surface area contributed by atoms with E-state index in [1.807, 2.05) is 0 Å². The SMILES string of the molecule is CC(=O)N1CCN(c2ccc(NC(=O)c3ccccc3[N+](=O)[O-])cc2Cl)CC1. The number of rotatable bonds is 4. The molecule has 28 heavy (non-hydrogen) atoms. The quantitative estimate of drug-likeness (QED) is 0.626. The minimum absolute atomic E-state index is 0.0203. The second-order valence-electron chi connectivity index (χ2n) is 6.39. The number of carbonyl (C=O) groups is 2. The van der Waals surface area contributed by atoms with Gasteiger partial charge in [-0.05, 0) is 24.3 Å². The lowest BCUT2D eigenvalue weighted by Crippen LogP contribution is -2.48. The molecule has 2 amide bonds. The van der Waals surface area contributed by atoms with Crippen LogP contribution in [-0.2, 0) is 4.79 Å². The van der Waals surface area contributed by atoms with Crippen LogP contribution in [0, 0.1) is 10.1 Å². The van der Waals surface area contributed by atoms with Crippen LogP contribution >= 0.6 is 11.6 Å². The fourth-order valence-electron chi connectivity index (χ4n) is 3.13. The number of benzene rings is 2. The molecule has 0 aromatic heterocycles. The molecule has 3 rings (SSSR count). The highest BCUT2D eigenvalue weighted by molar-refractivity contribution is 6.33. The zero-order valence-electron chi connectivity index (χ0n) is 15.2. The van der Waals surface area contributed by atoms with Crippen LogP contribution in [0.15, 0.2) is 42.5 Å².